The number of halogens is 1. The summed E-state index contributed by atoms with van der Waals surface area (Å²) in [5, 5.41) is 15.0. The van der Waals surface area contributed by atoms with Gasteiger partial charge in [0.2, 0.25) is 0 Å². The molecule has 0 bridgehead atoms. The third-order valence-electron chi connectivity index (χ3n) is 2.84. The van der Waals surface area contributed by atoms with E-state index in [1.54, 1.807) is 11.3 Å². The molecule has 0 aliphatic carbocycles. The number of oxime groups is 1. The minimum Gasteiger partial charge on any atom is -0.409 e. The van der Waals surface area contributed by atoms with Crippen LogP contribution in [0.25, 0.3) is 0 Å². The molecule has 2 rings (SSSR count). The number of rotatable bonds is 6. The van der Waals surface area contributed by atoms with Gasteiger partial charge in [0.15, 0.2) is 5.84 Å². The summed E-state index contributed by atoms with van der Waals surface area (Å²) in [6, 6.07) is 11.6. The van der Waals surface area contributed by atoms with Gasteiger partial charge in [-0.3, -0.25) is 0 Å². The lowest BCUT2D eigenvalue weighted by Gasteiger charge is -2.06. The van der Waals surface area contributed by atoms with Crippen molar-refractivity contribution >= 4 is 28.8 Å². The Labute approximate surface area is 126 Å². The lowest BCUT2D eigenvalue weighted by molar-refractivity contribution is 0.318. The Morgan fingerprint density at radius 2 is 2.20 bits per heavy atom. The van der Waals surface area contributed by atoms with Crippen LogP contribution in [0.15, 0.2) is 41.6 Å². The second-order valence-corrected chi connectivity index (χ2v) is 6.12. The van der Waals surface area contributed by atoms with Crippen molar-refractivity contribution in [3.63, 3.8) is 0 Å². The molecule has 4 nitrogen and oxygen atoms in total. The molecule has 0 atom stereocenters. The summed E-state index contributed by atoms with van der Waals surface area (Å²) in [5.74, 6) is 0.125. The van der Waals surface area contributed by atoms with E-state index in [4.69, 9.17) is 22.5 Å². The highest BCUT2D eigenvalue weighted by molar-refractivity contribution is 7.16. The van der Waals surface area contributed by atoms with E-state index >= 15 is 0 Å². The number of nitrogens with one attached hydrogen (secondary N) is 1. The molecule has 0 aliphatic heterocycles. The van der Waals surface area contributed by atoms with Gasteiger partial charge in [0.05, 0.1) is 4.34 Å². The zero-order valence-electron chi connectivity index (χ0n) is 10.8. The molecule has 2 aromatic rings. The molecule has 0 saturated carbocycles. The Balaban J connectivity index is 1.82. The van der Waals surface area contributed by atoms with Crippen molar-refractivity contribution < 1.29 is 5.21 Å². The third-order valence-corrected chi connectivity index (χ3v) is 4.13. The Bertz CT molecular complexity index is 598. The van der Waals surface area contributed by atoms with Crippen molar-refractivity contribution in [3.8, 4) is 0 Å². The van der Waals surface area contributed by atoms with Crippen LogP contribution >= 0.6 is 22.9 Å². The van der Waals surface area contributed by atoms with Crippen LogP contribution in [0.1, 0.15) is 16.0 Å². The molecule has 106 valence electrons. The summed E-state index contributed by atoms with van der Waals surface area (Å²) in [7, 11) is 0. The zero-order valence-corrected chi connectivity index (χ0v) is 12.4. The van der Waals surface area contributed by atoms with E-state index in [0.29, 0.717) is 0 Å². The second kappa shape index (κ2) is 7.28. The van der Waals surface area contributed by atoms with E-state index < -0.39 is 0 Å². The van der Waals surface area contributed by atoms with Gasteiger partial charge in [0.25, 0.3) is 0 Å². The highest BCUT2D eigenvalue weighted by atomic mass is 35.5. The average Bonchev–Trinajstić information content (AvgIpc) is 2.88. The summed E-state index contributed by atoms with van der Waals surface area (Å²) >= 11 is 7.49. The molecule has 6 heteroatoms. The molecule has 0 aliphatic rings. The molecule has 20 heavy (non-hydrogen) atoms. The number of hydrogen-bond acceptors (Lipinski definition) is 4. The smallest absolute Gasteiger partial charge is 0.170 e. The molecule has 1 heterocycles. The second-order valence-electron chi connectivity index (χ2n) is 4.32. The first kappa shape index (κ1) is 14.8. The van der Waals surface area contributed by atoms with Gasteiger partial charge in [-0.1, -0.05) is 35.0 Å². The number of thiophene rings is 1. The Hall–Kier alpha value is -1.56. The molecule has 0 unspecified atom stereocenters. The number of benzene rings is 1. The van der Waals surface area contributed by atoms with Crippen LogP contribution in [0.3, 0.4) is 0 Å². The third kappa shape index (κ3) is 4.23. The SMILES string of the molecule is N/C(=N/O)c1cccc(CNCCc2ccc(Cl)s2)c1. The highest BCUT2D eigenvalue weighted by Gasteiger charge is 2.01. The molecule has 4 N–H and O–H groups in total. The minimum atomic E-state index is 0.125. The molecule has 0 fully saturated rings. The van der Waals surface area contributed by atoms with Crippen molar-refractivity contribution in [2.24, 2.45) is 10.9 Å². The highest BCUT2D eigenvalue weighted by Crippen LogP contribution is 2.21. The fourth-order valence-electron chi connectivity index (χ4n) is 1.83. The molecule has 0 spiro atoms. The predicted molar refractivity (Wildman–Crippen MR) is 83.7 cm³/mol. The molecule has 1 aromatic heterocycles. The van der Waals surface area contributed by atoms with Crippen molar-refractivity contribution in [1.29, 1.82) is 0 Å². The summed E-state index contributed by atoms with van der Waals surface area (Å²) in [6.07, 6.45) is 0.956. The average molecular weight is 310 g/mol. The van der Waals surface area contributed by atoms with Crippen LogP contribution < -0.4 is 11.1 Å². The van der Waals surface area contributed by atoms with Gasteiger partial charge in [-0.25, -0.2) is 0 Å². The lowest BCUT2D eigenvalue weighted by atomic mass is 10.1. The van der Waals surface area contributed by atoms with E-state index in [1.165, 1.54) is 4.88 Å². The fourth-order valence-corrected chi connectivity index (χ4v) is 2.92. The molecular formula is C14H16ClN3OS. The molecule has 0 radical (unpaired) electrons. The number of nitrogens with zero attached hydrogens (tertiary/aromatic N) is 1. The van der Waals surface area contributed by atoms with Gasteiger partial charge < -0.3 is 16.3 Å². The van der Waals surface area contributed by atoms with Gasteiger partial charge in [0.1, 0.15) is 0 Å². The van der Waals surface area contributed by atoms with Crippen LogP contribution in [0.5, 0.6) is 0 Å². The van der Waals surface area contributed by atoms with Gasteiger partial charge >= 0.3 is 0 Å². The summed E-state index contributed by atoms with van der Waals surface area (Å²) in [4.78, 5) is 1.27. The summed E-state index contributed by atoms with van der Waals surface area (Å²) in [5.41, 5.74) is 7.38. The van der Waals surface area contributed by atoms with Crippen LogP contribution in [0.4, 0.5) is 0 Å². The van der Waals surface area contributed by atoms with Crippen LogP contribution in [-0.4, -0.2) is 17.6 Å². The van der Waals surface area contributed by atoms with Gasteiger partial charge in [-0.15, -0.1) is 11.3 Å². The largest absolute Gasteiger partial charge is 0.409 e. The normalized spacial score (nSPS) is 11.8. The number of amidine groups is 1. The van der Waals surface area contributed by atoms with E-state index in [1.807, 2.05) is 36.4 Å². The summed E-state index contributed by atoms with van der Waals surface area (Å²) < 4.78 is 0.825. The molecule has 0 amide bonds. The van der Waals surface area contributed by atoms with Crippen molar-refractivity contribution in [2.75, 3.05) is 6.54 Å². The monoisotopic (exact) mass is 309 g/mol. The minimum absolute atomic E-state index is 0.125. The number of nitrogens with two attached hydrogens (primary N) is 1. The van der Waals surface area contributed by atoms with E-state index in [9.17, 15) is 0 Å². The topological polar surface area (TPSA) is 70.6 Å². The van der Waals surface area contributed by atoms with Crippen molar-refractivity contribution in [2.45, 2.75) is 13.0 Å². The van der Waals surface area contributed by atoms with E-state index in [2.05, 4.69) is 10.5 Å². The fraction of sp³-hybridized carbons (Fsp3) is 0.214. The van der Waals surface area contributed by atoms with E-state index in [0.717, 1.165) is 35.0 Å². The van der Waals surface area contributed by atoms with Crippen LogP contribution in [-0.2, 0) is 13.0 Å². The van der Waals surface area contributed by atoms with Crippen molar-refractivity contribution in [1.82, 2.24) is 5.32 Å². The van der Waals surface area contributed by atoms with Gasteiger partial charge in [0, 0.05) is 23.5 Å². The van der Waals surface area contributed by atoms with Gasteiger partial charge in [-0.2, -0.15) is 0 Å². The predicted octanol–water partition coefficient (Wildman–Crippen LogP) is 2.83. The maximum atomic E-state index is 8.66. The standard InChI is InChI=1S/C14H16ClN3OS/c15-13-5-4-12(20-13)6-7-17-9-10-2-1-3-11(8-10)14(16)18-19/h1-5,8,17,19H,6-7,9H2,(H2,16,18). The maximum absolute atomic E-state index is 8.66. The quantitative estimate of drug-likeness (QED) is 0.253. The molecular weight excluding hydrogens is 294 g/mol. The Morgan fingerprint density at radius 3 is 2.90 bits per heavy atom. The van der Waals surface area contributed by atoms with Crippen LogP contribution in [0.2, 0.25) is 4.34 Å². The first-order valence-corrected chi connectivity index (χ1v) is 7.40. The lowest BCUT2D eigenvalue weighted by Crippen LogP contribution is -2.17. The van der Waals surface area contributed by atoms with Crippen LogP contribution in [0, 0.1) is 0 Å². The Morgan fingerprint density at radius 1 is 1.35 bits per heavy atom. The molecule has 0 saturated heterocycles. The first-order valence-electron chi connectivity index (χ1n) is 6.21. The first-order chi connectivity index (χ1) is 9.69. The van der Waals surface area contributed by atoms with Crippen molar-refractivity contribution in [3.05, 3.63) is 56.7 Å². The Kier molecular flexibility index (Phi) is 5.40. The summed E-state index contributed by atoms with van der Waals surface area (Å²) in [6.45, 7) is 1.62. The van der Waals surface area contributed by atoms with Gasteiger partial charge in [-0.05, 0) is 30.2 Å². The number of hydrogen-bond donors (Lipinski definition) is 3. The maximum Gasteiger partial charge on any atom is 0.170 e. The zero-order chi connectivity index (χ0) is 14.4. The molecule has 1 aromatic carbocycles. The van der Waals surface area contributed by atoms with E-state index in [-0.39, 0.29) is 5.84 Å².